The Morgan fingerprint density at radius 2 is 2.22 bits per heavy atom. The lowest BCUT2D eigenvalue weighted by Gasteiger charge is -2.40. The van der Waals surface area contributed by atoms with Crippen molar-refractivity contribution in [2.75, 3.05) is 20.3 Å². The number of hydrogen-bond donors (Lipinski definition) is 0. The van der Waals surface area contributed by atoms with Crippen LogP contribution in [0, 0.1) is 0 Å². The minimum absolute atomic E-state index is 0.0265. The van der Waals surface area contributed by atoms with Gasteiger partial charge in [-0.2, -0.15) is 0 Å². The van der Waals surface area contributed by atoms with Crippen LogP contribution in [0.25, 0.3) is 0 Å². The molecule has 0 amide bonds. The van der Waals surface area contributed by atoms with Crippen molar-refractivity contribution >= 4 is 27.5 Å². The largest absolute Gasteiger partial charge is 0.488 e. The molecule has 1 aromatic rings. The van der Waals surface area contributed by atoms with Gasteiger partial charge in [0, 0.05) is 18.0 Å². The minimum atomic E-state index is -0.0548. The van der Waals surface area contributed by atoms with E-state index in [0.29, 0.717) is 13.2 Å². The highest BCUT2D eigenvalue weighted by molar-refractivity contribution is 9.10. The number of rotatable bonds is 6. The van der Waals surface area contributed by atoms with Gasteiger partial charge >= 0.3 is 0 Å². The van der Waals surface area contributed by atoms with E-state index in [1.165, 1.54) is 0 Å². The van der Waals surface area contributed by atoms with Crippen LogP contribution in [-0.4, -0.2) is 37.9 Å². The Morgan fingerprint density at radius 1 is 1.39 bits per heavy atom. The van der Waals surface area contributed by atoms with Gasteiger partial charge in [-0.1, -0.05) is 22.0 Å². The van der Waals surface area contributed by atoms with Crippen molar-refractivity contribution in [1.29, 1.82) is 0 Å². The van der Waals surface area contributed by atoms with E-state index in [0.717, 1.165) is 16.6 Å². The van der Waals surface area contributed by atoms with Crippen LogP contribution in [-0.2, 0) is 9.47 Å². The monoisotopic (exact) mass is 334 g/mol. The molecule has 0 aromatic heterocycles. The van der Waals surface area contributed by atoms with Crippen molar-refractivity contribution in [2.45, 2.75) is 24.0 Å². The third kappa shape index (κ3) is 3.60. The Kier molecular flexibility index (Phi) is 5.30. The molecule has 1 saturated carbocycles. The van der Waals surface area contributed by atoms with Gasteiger partial charge in [-0.3, -0.25) is 0 Å². The maximum absolute atomic E-state index is 6.13. The van der Waals surface area contributed by atoms with Gasteiger partial charge in [-0.15, -0.1) is 11.6 Å². The van der Waals surface area contributed by atoms with Gasteiger partial charge in [0.2, 0.25) is 0 Å². The Hall–Kier alpha value is -0.290. The summed E-state index contributed by atoms with van der Waals surface area (Å²) in [6, 6.07) is 7.77. The second-order valence-electron chi connectivity index (χ2n) is 4.19. The summed E-state index contributed by atoms with van der Waals surface area (Å²) in [5.41, 5.74) is 0. The van der Waals surface area contributed by atoms with Crippen LogP contribution in [0.2, 0.25) is 0 Å². The van der Waals surface area contributed by atoms with E-state index < -0.39 is 0 Å². The van der Waals surface area contributed by atoms with Crippen molar-refractivity contribution in [1.82, 2.24) is 0 Å². The van der Waals surface area contributed by atoms with Crippen molar-refractivity contribution in [3.8, 4) is 5.75 Å². The van der Waals surface area contributed by atoms with E-state index in [1.54, 1.807) is 7.11 Å². The lowest BCUT2D eigenvalue weighted by Crippen LogP contribution is -2.53. The highest BCUT2D eigenvalue weighted by Crippen LogP contribution is 2.33. The summed E-state index contributed by atoms with van der Waals surface area (Å²) in [7, 11) is 1.65. The third-order valence-corrected chi connectivity index (χ3v) is 3.78. The minimum Gasteiger partial charge on any atom is -0.488 e. The predicted molar refractivity (Wildman–Crippen MR) is 74.4 cm³/mol. The van der Waals surface area contributed by atoms with Crippen LogP contribution in [0.3, 0.4) is 0 Å². The Labute approximate surface area is 120 Å². The van der Waals surface area contributed by atoms with E-state index in [2.05, 4.69) is 15.9 Å². The molecule has 0 radical (unpaired) electrons. The van der Waals surface area contributed by atoms with Gasteiger partial charge in [0.15, 0.2) is 0 Å². The number of ether oxygens (including phenoxy) is 3. The Balaban J connectivity index is 1.85. The third-order valence-electron chi connectivity index (χ3n) is 2.86. The zero-order chi connectivity index (χ0) is 13.0. The molecule has 1 aliphatic rings. The Bertz CT molecular complexity index is 388. The summed E-state index contributed by atoms with van der Waals surface area (Å²) < 4.78 is 17.5. The quantitative estimate of drug-likeness (QED) is 0.590. The number of benzene rings is 1. The summed E-state index contributed by atoms with van der Waals surface area (Å²) in [4.78, 5) is 0. The molecule has 3 atom stereocenters. The second kappa shape index (κ2) is 6.75. The van der Waals surface area contributed by atoms with Crippen molar-refractivity contribution in [3.63, 3.8) is 0 Å². The van der Waals surface area contributed by atoms with E-state index in [4.69, 9.17) is 25.8 Å². The summed E-state index contributed by atoms with van der Waals surface area (Å²) >= 11 is 9.55. The highest BCUT2D eigenvalue weighted by Gasteiger charge is 2.42. The first-order valence-corrected chi connectivity index (χ1v) is 7.10. The van der Waals surface area contributed by atoms with Gasteiger partial charge in [0.05, 0.1) is 18.6 Å². The highest BCUT2D eigenvalue weighted by atomic mass is 79.9. The van der Waals surface area contributed by atoms with Gasteiger partial charge in [0.1, 0.15) is 18.0 Å². The molecule has 0 spiro atoms. The number of methoxy groups -OCH3 is 1. The lowest BCUT2D eigenvalue weighted by atomic mass is 9.91. The molecule has 0 heterocycles. The smallest absolute Gasteiger partial charge is 0.128 e. The fraction of sp³-hybridized carbons (Fsp3) is 0.538. The summed E-state index contributed by atoms with van der Waals surface area (Å²) in [6.07, 6.45) is 0.783. The molecule has 1 aliphatic carbocycles. The second-order valence-corrected chi connectivity index (χ2v) is 5.67. The standard InChI is InChI=1S/C13H16BrClO3/c1-16-5-6-17-13-11(15)8-12(13)18-10-4-2-3-9(14)7-10/h2-4,7,11-13H,5-6,8H2,1H3. The molecule has 0 bridgehead atoms. The summed E-state index contributed by atoms with van der Waals surface area (Å²) in [5.74, 6) is 0.832. The molecule has 5 heteroatoms. The Morgan fingerprint density at radius 3 is 2.89 bits per heavy atom. The zero-order valence-electron chi connectivity index (χ0n) is 10.1. The van der Waals surface area contributed by atoms with Gasteiger partial charge in [-0.05, 0) is 18.2 Å². The molecular weight excluding hydrogens is 319 g/mol. The number of alkyl halides is 1. The molecule has 3 unspecified atom stereocenters. The summed E-state index contributed by atoms with van der Waals surface area (Å²) in [5, 5.41) is 0.0269. The van der Waals surface area contributed by atoms with E-state index >= 15 is 0 Å². The van der Waals surface area contributed by atoms with Crippen LogP contribution in [0.15, 0.2) is 28.7 Å². The topological polar surface area (TPSA) is 27.7 Å². The fourth-order valence-electron chi connectivity index (χ4n) is 1.84. The average Bonchev–Trinajstić information content (AvgIpc) is 2.34. The maximum atomic E-state index is 6.13. The van der Waals surface area contributed by atoms with E-state index in [-0.39, 0.29) is 17.6 Å². The van der Waals surface area contributed by atoms with Crippen LogP contribution in [0.1, 0.15) is 6.42 Å². The summed E-state index contributed by atoms with van der Waals surface area (Å²) in [6.45, 7) is 1.12. The SMILES string of the molecule is COCCOC1C(Cl)CC1Oc1cccc(Br)c1. The first kappa shape index (κ1) is 14.1. The predicted octanol–water partition coefficient (Wildman–Crippen LogP) is 3.24. The van der Waals surface area contributed by atoms with E-state index in [9.17, 15) is 0 Å². The lowest BCUT2D eigenvalue weighted by molar-refractivity contribution is -0.0898. The molecular formula is C13H16BrClO3. The fourth-order valence-corrected chi connectivity index (χ4v) is 2.63. The zero-order valence-corrected chi connectivity index (χ0v) is 12.5. The van der Waals surface area contributed by atoms with Crippen molar-refractivity contribution in [3.05, 3.63) is 28.7 Å². The van der Waals surface area contributed by atoms with E-state index in [1.807, 2.05) is 24.3 Å². The molecule has 3 nitrogen and oxygen atoms in total. The van der Waals surface area contributed by atoms with Crippen LogP contribution < -0.4 is 4.74 Å². The maximum Gasteiger partial charge on any atom is 0.128 e. The number of hydrogen-bond acceptors (Lipinski definition) is 3. The molecule has 0 N–H and O–H groups in total. The van der Waals surface area contributed by atoms with Gasteiger partial charge in [-0.25, -0.2) is 0 Å². The van der Waals surface area contributed by atoms with Crippen molar-refractivity contribution in [2.24, 2.45) is 0 Å². The van der Waals surface area contributed by atoms with Gasteiger partial charge in [0.25, 0.3) is 0 Å². The van der Waals surface area contributed by atoms with Crippen molar-refractivity contribution < 1.29 is 14.2 Å². The molecule has 100 valence electrons. The molecule has 1 fully saturated rings. The molecule has 0 saturated heterocycles. The molecule has 2 rings (SSSR count). The first-order chi connectivity index (χ1) is 8.70. The van der Waals surface area contributed by atoms with Crippen LogP contribution in [0.4, 0.5) is 0 Å². The van der Waals surface area contributed by atoms with Crippen LogP contribution in [0.5, 0.6) is 5.75 Å². The normalized spacial score (nSPS) is 26.7. The van der Waals surface area contributed by atoms with Crippen LogP contribution >= 0.6 is 27.5 Å². The molecule has 0 aliphatic heterocycles. The average molecular weight is 336 g/mol. The number of halogens is 2. The van der Waals surface area contributed by atoms with Gasteiger partial charge < -0.3 is 14.2 Å². The first-order valence-electron chi connectivity index (χ1n) is 5.87. The molecule has 1 aromatic carbocycles. The molecule has 18 heavy (non-hydrogen) atoms.